The number of hydrogen-bond acceptors (Lipinski definition) is 4. The lowest BCUT2D eigenvalue weighted by atomic mass is 10.1. The number of aromatic nitrogens is 1. The Kier molecular flexibility index (Phi) is 2.30. The van der Waals surface area contributed by atoms with E-state index in [9.17, 15) is 4.79 Å². The van der Waals surface area contributed by atoms with Crippen molar-refractivity contribution in [3.63, 3.8) is 0 Å². The Morgan fingerprint density at radius 1 is 1.47 bits per heavy atom. The van der Waals surface area contributed by atoms with Crippen molar-refractivity contribution in [1.29, 1.82) is 5.26 Å². The van der Waals surface area contributed by atoms with Crippen molar-refractivity contribution in [2.24, 2.45) is 0 Å². The average molecular weight is 198 g/mol. The van der Waals surface area contributed by atoms with Gasteiger partial charge in [-0.3, -0.25) is 4.79 Å². The van der Waals surface area contributed by atoms with Crippen LogP contribution in [-0.2, 0) is 0 Å². The van der Waals surface area contributed by atoms with E-state index in [0.29, 0.717) is 11.1 Å². The van der Waals surface area contributed by atoms with E-state index in [1.165, 1.54) is 18.5 Å². The number of oxazole rings is 1. The van der Waals surface area contributed by atoms with Gasteiger partial charge in [0.25, 0.3) is 5.89 Å². The van der Waals surface area contributed by atoms with Crippen LogP contribution in [0.15, 0.2) is 41.1 Å². The molecule has 4 heteroatoms. The zero-order valence-electron chi connectivity index (χ0n) is 7.68. The zero-order chi connectivity index (χ0) is 10.7. The molecule has 0 fully saturated rings. The summed E-state index contributed by atoms with van der Waals surface area (Å²) in [6.45, 7) is 0. The van der Waals surface area contributed by atoms with Crippen LogP contribution in [0.4, 0.5) is 0 Å². The first-order valence-electron chi connectivity index (χ1n) is 4.25. The number of benzene rings is 1. The van der Waals surface area contributed by atoms with Gasteiger partial charge in [-0.05, 0) is 12.1 Å². The first-order valence-corrected chi connectivity index (χ1v) is 4.25. The molecule has 0 bridgehead atoms. The topological polar surface area (TPSA) is 66.9 Å². The summed E-state index contributed by atoms with van der Waals surface area (Å²) in [5.74, 6) is -0.290. The molecule has 4 nitrogen and oxygen atoms in total. The molecule has 0 aliphatic heterocycles. The normalized spacial score (nSPS) is 9.53. The molecule has 15 heavy (non-hydrogen) atoms. The first kappa shape index (κ1) is 9.16. The summed E-state index contributed by atoms with van der Waals surface area (Å²) in [6, 6.07) is 8.37. The van der Waals surface area contributed by atoms with Crippen molar-refractivity contribution in [2.75, 3.05) is 0 Å². The van der Waals surface area contributed by atoms with Gasteiger partial charge in [0.2, 0.25) is 5.78 Å². The van der Waals surface area contributed by atoms with Crippen LogP contribution in [-0.4, -0.2) is 10.8 Å². The fourth-order valence-corrected chi connectivity index (χ4v) is 1.19. The number of nitriles is 1. The van der Waals surface area contributed by atoms with E-state index in [-0.39, 0.29) is 11.7 Å². The minimum absolute atomic E-state index is 0.0325. The Morgan fingerprint density at radius 3 is 3.00 bits per heavy atom. The molecule has 0 aliphatic carbocycles. The van der Waals surface area contributed by atoms with Crippen LogP contribution >= 0.6 is 0 Å². The predicted molar refractivity (Wildman–Crippen MR) is 51.1 cm³/mol. The third-order valence-corrected chi connectivity index (χ3v) is 1.88. The summed E-state index contributed by atoms with van der Waals surface area (Å²) in [5.41, 5.74) is 0.837. The Labute approximate surface area is 85.8 Å². The molecule has 2 rings (SSSR count). The van der Waals surface area contributed by atoms with Gasteiger partial charge in [0.1, 0.15) is 6.26 Å². The van der Waals surface area contributed by atoms with Crippen LogP contribution in [0, 0.1) is 11.3 Å². The van der Waals surface area contributed by atoms with Crippen molar-refractivity contribution in [2.45, 2.75) is 0 Å². The second kappa shape index (κ2) is 3.76. The summed E-state index contributed by atoms with van der Waals surface area (Å²) in [6.07, 6.45) is 2.74. The summed E-state index contributed by atoms with van der Waals surface area (Å²) in [4.78, 5) is 15.5. The molecule has 0 unspecified atom stereocenters. The van der Waals surface area contributed by atoms with E-state index in [1.807, 2.05) is 6.07 Å². The molecule has 2 aromatic rings. The standard InChI is InChI=1S/C11H6N2O2/c12-7-8-2-1-3-9(6-8)10(14)11-13-4-5-15-11/h1-6H. The van der Waals surface area contributed by atoms with Gasteiger partial charge in [-0.25, -0.2) is 4.98 Å². The van der Waals surface area contributed by atoms with Crippen molar-refractivity contribution >= 4 is 5.78 Å². The summed E-state index contributed by atoms with van der Waals surface area (Å²) in [7, 11) is 0. The number of ketones is 1. The molecule has 1 heterocycles. The molecular weight excluding hydrogens is 192 g/mol. The van der Waals surface area contributed by atoms with E-state index in [0.717, 1.165) is 0 Å². The first-order chi connectivity index (χ1) is 7.31. The highest BCUT2D eigenvalue weighted by atomic mass is 16.3. The Hall–Kier alpha value is -2.41. The van der Waals surface area contributed by atoms with Crippen molar-refractivity contribution in [3.8, 4) is 6.07 Å². The monoisotopic (exact) mass is 198 g/mol. The zero-order valence-corrected chi connectivity index (χ0v) is 7.68. The van der Waals surface area contributed by atoms with Crippen LogP contribution in [0.3, 0.4) is 0 Å². The maximum Gasteiger partial charge on any atom is 0.268 e. The van der Waals surface area contributed by atoms with E-state index >= 15 is 0 Å². The fourth-order valence-electron chi connectivity index (χ4n) is 1.19. The van der Waals surface area contributed by atoms with Crippen LogP contribution in [0.25, 0.3) is 0 Å². The maximum absolute atomic E-state index is 11.7. The van der Waals surface area contributed by atoms with Gasteiger partial charge >= 0.3 is 0 Å². The maximum atomic E-state index is 11.7. The molecule has 1 aromatic carbocycles. The number of carbonyl (C=O) groups is 1. The van der Waals surface area contributed by atoms with Gasteiger partial charge in [0.15, 0.2) is 0 Å². The van der Waals surface area contributed by atoms with Crippen molar-refractivity contribution < 1.29 is 9.21 Å². The van der Waals surface area contributed by atoms with Gasteiger partial charge < -0.3 is 4.42 Å². The largest absolute Gasteiger partial charge is 0.442 e. The lowest BCUT2D eigenvalue weighted by Crippen LogP contribution is -2.01. The summed E-state index contributed by atoms with van der Waals surface area (Å²) < 4.78 is 4.88. The SMILES string of the molecule is N#Cc1cccc(C(=O)c2ncco2)c1. The molecule has 0 saturated carbocycles. The Morgan fingerprint density at radius 2 is 2.33 bits per heavy atom. The van der Waals surface area contributed by atoms with Crippen molar-refractivity contribution in [1.82, 2.24) is 4.98 Å². The fraction of sp³-hybridized carbons (Fsp3) is 0. The van der Waals surface area contributed by atoms with E-state index in [1.54, 1.807) is 18.2 Å². The van der Waals surface area contributed by atoms with E-state index in [4.69, 9.17) is 9.68 Å². The minimum Gasteiger partial charge on any atom is -0.442 e. The second-order valence-electron chi connectivity index (χ2n) is 2.86. The van der Waals surface area contributed by atoms with Gasteiger partial charge in [-0.2, -0.15) is 5.26 Å². The number of hydrogen-bond donors (Lipinski definition) is 0. The predicted octanol–water partition coefficient (Wildman–Crippen LogP) is 1.78. The molecule has 0 spiro atoms. The summed E-state index contributed by atoms with van der Waals surface area (Å²) >= 11 is 0. The third kappa shape index (κ3) is 1.76. The van der Waals surface area contributed by atoms with E-state index in [2.05, 4.69) is 4.98 Å². The van der Waals surface area contributed by atoms with Gasteiger partial charge in [0, 0.05) is 5.56 Å². The number of nitrogens with zero attached hydrogens (tertiary/aromatic N) is 2. The molecular formula is C11H6N2O2. The Balaban J connectivity index is 2.39. The molecule has 72 valence electrons. The highest BCUT2D eigenvalue weighted by Crippen LogP contribution is 2.09. The highest BCUT2D eigenvalue weighted by molar-refractivity contribution is 6.06. The minimum atomic E-state index is -0.322. The van der Waals surface area contributed by atoms with Gasteiger partial charge in [-0.1, -0.05) is 12.1 Å². The smallest absolute Gasteiger partial charge is 0.268 e. The molecule has 1 aromatic heterocycles. The molecule has 0 radical (unpaired) electrons. The molecule has 0 aliphatic rings. The second-order valence-corrected chi connectivity index (χ2v) is 2.86. The third-order valence-electron chi connectivity index (χ3n) is 1.88. The number of rotatable bonds is 2. The highest BCUT2D eigenvalue weighted by Gasteiger charge is 2.13. The quantitative estimate of drug-likeness (QED) is 0.690. The summed E-state index contributed by atoms with van der Waals surface area (Å²) in [5, 5.41) is 8.67. The Bertz CT molecular complexity index is 524. The average Bonchev–Trinajstić information content (AvgIpc) is 2.81. The number of carbonyl (C=O) groups excluding carboxylic acids is 1. The molecule has 0 N–H and O–H groups in total. The van der Waals surface area contributed by atoms with Crippen LogP contribution in [0.5, 0.6) is 0 Å². The van der Waals surface area contributed by atoms with Crippen LogP contribution in [0.2, 0.25) is 0 Å². The lowest BCUT2D eigenvalue weighted by molar-refractivity contribution is 0.100. The molecule has 0 atom stereocenters. The van der Waals surface area contributed by atoms with Crippen molar-refractivity contribution in [3.05, 3.63) is 53.7 Å². The van der Waals surface area contributed by atoms with Gasteiger partial charge in [0.05, 0.1) is 17.8 Å². The van der Waals surface area contributed by atoms with Crippen LogP contribution < -0.4 is 0 Å². The van der Waals surface area contributed by atoms with Crippen LogP contribution in [0.1, 0.15) is 21.8 Å². The molecule has 0 amide bonds. The van der Waals surface area contributed by atoms with E-state index < -0.39 is 0 Å². The van der Waals surface area contributed by atoms with Gasteiger partial charge in [-0.15, -0.1) is 0 Å². The lowest BCUT2D eigenvalue weighted by Gasteiger charge is -1.96. The molecule has 0 saturated heterocycles.